The van der Waals surface area contributed by atoms with E-state index in [-0.39, 0.29) is 12.7 Å². The predicted molar refractivity (Wildman–Crippen MR) is 112 cm³/mol. The number of fused-ring (bicyclic) bond motifs is 1. The number of aliphatic hydroxyl groups is 1. The molecule has 2 heterocycles. The summed E-state index contributed by atoms with van der Waals surface area (Å²) < 4.78 is 11.1. The van der Waals surface area contributed by atoms with E-state index >= 15 is 0 Å². The van der Waals surface area contributed by atoms with E-state index in [1.165, 1.54) is 13.3 Å². The minimum absolute atomic E-state index is 0.0204. The minimum atomic E-state index is -0.0204. The number of hydrogen-bond acceptors (Lipinski definition) is 8. The van der Waals surface area contributed by atoms with Gasteiger partial charge in [0.05, 0.1) is 18.7 Å². The number of aliphatic imine (C=N–C) groups is 1. The molecule has 3 rings (SSSR count). The summed E-state index contributed by atoms with van der Waals surface area (Å²) in [5.74, 6) is 1.84. The Balaban J connectivity index is 2.03. The average Bonchev–Trinajstić information content (AvgIpc) is 3.13. The number of aliphatic hydroxyl groups excluding tert-OH is 1. The largest absolute Gasteiger partial charge is 0.491 e. The van der Waals surface area contributed by atoms with Crippen LogP contribution >= 0.6 is 0 Å². The highest BCUT2D eigenvalue weighted by molar-refractivity contribution is 5.92. The third-order valence-corrected chi connectivity index (χ3v) is 3.99. The summed E-state index contributed by atoms with van der Waals surface area (Å²) in [6.07, 6.45) is 3.41. The zero-order chi connectivity index (χ0) is 20.8. The highest BCUT2D eigenvalue weighted by atomic mass is 16.5. The summed E-state index contributed by atoms with van der Waals surface area (Å²) in [6.45, 7) is 3.92. The van der Waals surface area contributed by atoms with Crippen molar-refractivity contribution in [1.29, 1.82) is 0 Å². The molecule has 0 bridgehead atoms. The van der Waals surface area contributed by atoms with Crippen LogP contribution in [0.1, 0.15) is 20.3 Å². The normalized spacial score (nSPS) is 12.2. The van der Waals surface area contributed by atoms with Crippen molar-refractivity contribution < 1.29 is 14.6 Å². The van der Waals surface area contributed by atoms with Crippen LogP contribution in [0.15, 0.2) is 41.0 Å². The highest BCUT2D eigenvalue weighted by Gasteiger charge is 2.15. The lowest BCUT2D eigenvalue weighted by Crippen LogP contribution is -2.05. The molecule has 29 heavy (non-hydrogen) atoms. The first-order chi connectivity index (χ1) is 14.0. The number of aromatic nitrogens is 4. The molecule has 3 aromatic rings. The van der Waals surface area contributed by atoms with Crippen molar-refractivity contribution in [2.75, 3.05) is 13.7 Å². The molecule has 0 saturated heterocycles. The number of rotatable bonds is 8. The quantitative estimate of drug-likeness (QED) is 0.499. The molecule has 0 fully saturated rings. The third-order valence-electron chi connectivity index (χ3n) is 3.99. The van der Waals surface area contributed by atoms with E-state index < -0.39 is 0 Å². The smallest absolute Gasteiger partial charge is 0.218 e. The maximum atomic E-state index is 9.07. The predicted octanol–water partition coefficient (Wildman–Crippen LogP) is 2.74. The van der Waals surface area contributed by atoms with Crippen molar-refractivity contribution in [2.45, 2.75) is 26.4 Å². The monoisotopic (exact) mass is 396 g/mol. The number of nitrogens with two attached hydrogens (primary N) is 1. The van der Waals surface area contributed by atoms with Gasteiger partial charge in [-0.2, -0.15) is 10.1 Å². The fourth-order valence-electron chi connectivity index (χ4n) is 2.67. The number of nitrogens with one attached hydrogen (secondary N) is 1. The van der Waals surface area contributed by atoms with Crippen LogP contribution in [-0.4, -0.2) is 51.3 Å². The summed E-state index contributed by atoms with van der Waals surface area (Å²) in [7, 11) is 1.52. The second kappa shape index (κ2) is 9.16. The molecule has 0 saturated carbocycles. The van der Waals surface area contributed by atoms with Gasteiger partial charge in [0.25, 0.3) is 0 Å². The van der Waals surface area contributed by atoms with Crippen LogP contribution in [-0.2, 0) is 0 Å². The number of H-pyrrole nitrogens is 1. The standard InChI is InChI=1S/C20H24N6O3/c1-12(2)29-14-4-5-16-15(8-14)19(26-25-16)20-23-17(9-18(24-20)28-3)22-11-13(10-21)6-7-27/h4-5,8-12,27H,6-7,21H2,1-3H3,(H,25,26). The number of ether oxygens (including phenoxy) is 2. The molecule has 0 aliphatic carbocycles. The van der Waals surface area contributed by atoms with E-state index in [0.717, 1.165) is 16.7 Å². The van der Waals surface area contributed by atoms with Gasteiger partial charge in [-0.25, -0.2) is 9.98 Å². The van der Waals surface area contributed by atoms with Crippen LogP contribution in [0.3, 0.4) is 0 Å². The lowest BCUT2D eigenvalue weighted by Gasteiger charge is -2.09. The van der Waals surface area contributed by atoms with E-state index in [2.05, 4.69) is 25.2 Å². The molecule has 4 N–H and O–H groups in total. The summed E-state index contributed by atoms with van der Waals surface area (Å²) in [4.78, 5) is 13.2. The molecule has 0 aliphatic rings. The highest BCUT2D eigenvalue weighted by Crippen LogP contribution is 2.30. The van der Waals surface area contributed by atoms with Crippen LogP contribution in [0.4, 0.5) is 5.82 Å². The van der Waals surface area contributed by atoms with Gasteiger partial charge < -0.3 is 20.3 Å². The minimum Gasteiger partial charge on any atom is -0.491 e. The molecule has 0 radical (unpaired) electrons. The Bertz CT molecular complexity index is 1040. The van der Waals surface area contributed by atoms with Crippen LogP contribution in [0.2, 0.25) is 0 Å². The second-order valence-corrected chi connectivity index (χ2v) is 6.51. The van der Waals surface area contributed by atoms with E-state index in [4.69, 9.17) is 20.3 Å². The number of methoxy groups -OCH3 is 1. The number of benzene rings is 1. The zero-order valence-electron chi connectivity index (χ0n) is 16.6. The van der Waals surface area contributed by atoms with Crippen LogP contribution in [0.5, 0.6) is 11.6 Å². The van der Waals surface area contributed by atoms with E-state index in [1.54, 1.807) is 12.3 Å². The summed E-state index contributed by atoms with van der Waals surface area (Å²) >= 11 is 0. The summed E-state index contributed by atoms with van der Waals surface area (Å²) in [5.41, 5.74) is 7.64. The Morgan fingerprint density at radius 3 is 2.83 bits per heavy atom. The number of hydrogen-bond donors (Lipinski definition) is 3. The van der Waals surface area contributed by atoms with Gasteiger partial charge >= 0.3 is 0 Å². The van der Waals surface area contributed by atoms with Crippen LogP contribution in [0, 0.1) is 0 Å². The zero-order valence-corrected chi connectivity index (χ0v) is 16.6. The molecule has 2 aromatic heterocycles. The molecular weight excluding hydrogens is 372 g/mol. The van der Waals surface area contributed by atoms with Crippen molar-refractivity contribution in [3.05, 3.63) is 36.0 Å². The molecule has 152 valence electrons. The molecule has 1 aromatic carbocycles. The van der Waals surface area contributed by atoms with Crippen LogP contribution in [0.25, 0.3) is 22.4 Å². The first kappa shape index (κ1) is 20.3. The van der Waals surface area contributed by atoms with Gasteiger partial charge in [0.2, 0.25) is 5.88 Å². The Kier molecular flexibility index (Phi) is 6.40. The average molecular weight is 396 g/mol. The van der Waals surface area contributed by atoms with Gasteiger partial charge in [-0.3, -0.25) is 5.10 Å². The Labute approximate surface area is 168 Å². The third kappa shape index (κ3) is 4.88. The molecule has 0 aliphatic heterocycles. The number of aromatic amines is 1. The summed E-state index contributed by atoms with van der Waals surface area (Å²) in [5, 5.41) is 17.2. The van der Waals surface area contributed by atoms with Crippen molar-refractivity contribution in [1.82, 2.24) is 20.2 Å². The molecule has 9 nitrogen and oxygen atoms in total. The van der Waals surface area contributed by atoms with E-state index in [9.17, 15) is 0 Å². The second-order valence-electron chi connectivity index (χ2n) is 6.51. The lowest BCUT2D eigenvalue weighted by molar-refractivity contribution is 0.243. The maximum absolute atomic E-state index is 9.07. The Morgan fingerprint density at radius 2 is 2.14 bits per heavy atom. The van der Waals surface area contributed by atoms with E-state index in [1.807, 2.05) is 32.0 Å². The summed E-state index contributed by atoms with van der Waals surface area (Å²) in [6, 6.07) is 7.29. The first-order valence-electron chi connectivity index (χ1n) is 9.18. The molecular formula is C20H24N6O3. The topological polar surface area (TPSA) is 132 Å². The molecule has 0 atom stereocenters. The molecule has 0 amide bonds. The van der Waals surface area contributed by atoms with Crippen LogP contribution < -0.4 is 15.2 Å². The lowest BCUT2D eigenvalue weighted by atomic mass is 10.2. The molecule has 0 spiro atoms. The molecule has 9 heteroatoms. The maximum Gasteiger partial charge on any atom is 0.218 e. The van der Waals surface area contributed by atoms with Gasteiger partial charge in [-0.1, -0.05) is 0 Å². The first-order valence-corrected chi connectivity index (χ1v) is 9.18. The van der Waals surface area contributed by atoms with Gasteiger partial charge in [0.15, 0.2) is 11.6 Å². The van der Waals surface area contributed by atoms with Crippen molar-refractivity contribution in [2.24, 2.45) is 10.7 Å². The number of nitrogens with zero attached hydrogens (tertiary/aromatic N) is 4. The van der Waals surface area contributed by atoms with E-state index in [0.29, 0.717) is 35.2 Å². The van der Waals surface area contributed by atoms with Crippen molar-refractivity contribution in [3.63, 3.8) is 0 Å². The van der Waals surface area contributed by atoms with Crippen molar-refractivity contribution >= 4 is 22.9 Å². The Hall–Kier alpha value is -3.46. The molecule has 0 unspecified atom stereocenters. The van der Waals surface area contributed by atoms with Crippen molar-refractivity contribution in [3.8, 4) is 23.1 Å². The van der Waals surface area contributed by atoms with Gasteiger partial charge in [0, 0.05) is 24.3 Å². The van der Waals surface area contributed by atoms with Gasteiger partial charge in [-0.15, -0.1) is 0 Å². The fourth-order valence-corrected chi connectivity index (χ4v) is 2.67. The fraction of sp³-hybridized carbons (Fsp3) is 0.300. The Morgan fingerprint density at radius 1 is 1.31 bits per heavy atom. The SMILES string of the molecule is COc1cc(N=CC(=CN)CCO)nc(-c2n[nH]c3ccc(OC(C)C)cc23)n1. The van der Waals surface area contributed by atoms with Gasteiger partial charge in [-0.05, 0) is 50.2 Å². The van der Waals surface area contributed by atoms with Gasteiger partial charge in [0.1, 0.15) is 11.4 Å².